The highest BCUT2D eigenvalue weighted by Gasteiger charge is 2.64. The standard InChI is InChI=1S/C42H61N5O6S/c1-6-7-8-9-28(48)18-26(22-44-46-43)19-34(50)38-25(3)23-54-40-37(39(53)47(38)40)45-36(52)15-10-24(2)31-13-14-32-30-12-11-27-20-29(49)16-17-41(27,4)33(30)21-35(51)42(31,32)5/h1,24,26-27,29-33,35,37,40,49,51H,7-23H2,2-5H3,(H,45,52). The summed E-state index contributed by atoms with van der Waals surface area (Å²) in [6.07, 6.45) is 15.3. The van der Waals surface area contributed by atoms with E-state index in [1.54, 1.807) is 0 Å². The maximum Gasteiger partial charge on any atom is 0.253 e. The molecule has 54 heavy (non-hydrogen) atoms. The predicted molar refractivity (Wildman–Crippen MR) is 208 cm³/mol. The number of nitrogens with zero attached hydrogens (tertiary/aromatic N) is 4. The molecule has 13 unspecified atom stereocenters. The quantitative estimate of drug-likeness (QED) is 0.0415. The average Bonchev–Trinajstić information content (AvgIpc) is 3.51. The number of unbranched alkanes of at least 4 members (excludes halogenated alkanes) is 1. The summed E-state index contributed by atoms with van der Waals surface area (Å²) in [4.78, 5) is 57.5. The number of allylic oxidation sites excluding steroid dienone is 1. The van der Waals surface area contributed by atoms with Crippen molar-refractivity contribution < 1.29 is 29.4 Å². The van der Waals surface area contributed by atoms with Gasteiger partial charge >= 0.3 is 0 Å². The SMILES string of the molecule is C#CCCCC(=O)CC(CN=[N+]=[N-])CC(=O)C1=C(C)CSC2C(NC(=O)CCC(C)C3CCC4C5CCC6CC(O)CCC6(C)C5CC(O)C34C)C(=O)N12. The number of Topliss-reactive ketones (excluding diaryl/α,β-unsaturated/α-hetero) is 2. The van der Waals surface area contributed by atoms with Crippen molar-refractivity contribution in [2.45, 2.75) is 148 Å². The summed E-state index contributed by atoms with van der Waals surface area (Å²) in [5.41, 5.74) is 10.0. The van der Waals surface area contributed by atoms with E-state index in [1.165, 1.54) is 29.5 Å². The van der Waals surface area contributed by atoms with E-state index in [0.717, 1.165) is 44.1 Å². The largest absolute Gasteiger partial charge is 0.393 e. The number of nitrogens with one attached hydrogen (secondary N) is 1. The zero-order valence-corrected chi connectivity index (χ0v) is 33.5. The van der Waals surface area contributed by atoms with Gasteiger partial charge in [-0.05, 0) is 134 Å². The van der Waals surface area contributed by atoms with Crippen LogP contribution in [0.3, 0.4) is 0 Å². The topological polar surface area (TPSA) is 173 Å². The molecule has 1 saturated heterocycles. The number of aliphatic hydroxyl groups is 2. The van der Waals surface area contributed by atoms with E-state index in [4.69, 9.17) is 12.0 Å². The lowest BCUT2D eigenvalue weighted by atomic mass is 9.43. The van der Waals surface area contributed by atoms with E-state index >= 15 is 0 Å². The highest BCUT2D eigenvalue weighted by atomic mass is 32.2. The van der Waals surface area contributed by atoms with Crippen LogP contribution in [0.2, 0.25) is 0 Å². The second-order valence-electron chi connectivity index (χ2n) is 18.2. The molecule has 0 bridgehead atoms. The highest BCUT2D eigenvalue weighted by Crippen LogP contribution is 2.68. The highest BCUT2D eigenvalue weighted by molar-refractivity contribution is 8.00. The van der Waals surface area contributed by atoms with Crippen LogP contribution in [0.25, 0.3) is 10.4 Å². The first-order valence-electron chi connectivity index (χ1n) is 20.5. The van der Waals surface area contributed by atoms with Crippen molar-refractivity contribution >= 4 is 35.1 Å². The predicted octanol–water partition coefficient (Wildman–Crippen LogP) is 6.72. The summed E-state index contributed by atoms with van der Waals surface area (Å²) in [6, 6.07) is -0.715. The molecule has 4 saturated carbocycles. The molecule has 2 aliphatic heterocycles. The van der Waals surface area contributed by atoms with E-state index in [1.807, 2.05) is 6.92 Å². The van der Waals surface area contributed by atoms with Crippen LogP contribution in [0.1, 0.15) is 124 Å². The van der Waals surface area contributed by atoms with Crippen LogP contribution in [-0.2, 0) is 19.2 Å². The number of hydrogen-bond donors (Lipinski definition) is 3. The van der Waals surface area contributed by atoms with E-state index in [0.29, 0.717) is 73.1 Å². The first-order valence-corrected chi connectivity index (χ1v) is 21.6. The second-order valence-corrected chi connectivity index (χ2v) is 19.3. The molecular weight excluding hydrogens is 703 g/mol. The first kappa shape index (κ1) is 40.8. The minimum absolute atomic E-state index is 0.00499. The van der Waals surface area contributed by atoms with Gasteiger partial charge in [0.1, 0.15) is 17.2 Å². The Bertz CT molecular complexity index is 1600. The molecule has 5 fully saturated rings. The van der Waals surface area contributed by atoms with Crippen LogP contribution >= 0.6 is 11.8 Å². The Morgan fingerprint density at radius 2 is 1.89 bits per heavy atom. The van der Waals surface area contributed by atoms with Crippen molar-refractivity contribution in [2.24, 2.45) is 57.4 Å². The van der Waals surface area contributed by atoms with E-state index in [2.05, 4.69) is 42.0 Å². The Morgan fingerprint density at radius 1 is 1.11 bits per heavy atom. The van der Waals surface area contributed by atoms with Crippen LogP contribution in [0.4, 0.5) is 0 Å². The van der Waals surface area contributed by atoms with Crippen molar-refractivity contribution in [1.82, 2.24) is 10.2 Å². The Kier molecular flexibility index (Phi) is 12.6. The third-order valence-corrected chi connectivity index (χ3v) is 16.7. The summed E-state index contributed by atoms with van der Waals surface area (Å²) in [6.45, 7) is 8.82. The van der Waals surface area contributed by atoms with Gasteiger partial charge in [0.05, 0.1) is 17.9 Å². The fourth-order valence-electron chi connectivity index (χ4n) is 12.4. The van der Waals surface area contributed by atoms with Gasteiger partial charge in [-0.1, -0.05) is 25.9 Å². The number of carbonyl (C=O) groups excluding carboxylic acids is 4. The molecule has 6 rings (SSSR count). The molecule has 0 radical (unpaired) electrons. The summed E-state index contributed by atoms with van der Waals surface area (Å²) >= 11 is 1.53. The van der Waals surface area contributed by atoms with Crippen LogP contribution in [0.5, 0.6) is 0 Å². The van der Waals surface area contributed by atoms with Gasteiger partial charge in [0, 0.05) is 49.3 Å². The van der Waals surface area contributed by atoms with E-state index in [9.17, 15) is 29.4 Å². The fraction of sp³-hybridized carbons (Fsp3) is 0.810. The molecule has 2 amide bonds. The molecule has 4 aliphatic carbocycles. The second kappa shape index (κ2) is 16.7. The normalized spacial score (nSPS) is 38.0. The van der Waals surface area contributed by atoms with Gasteiger partial charge in [0.2, 0.25) is 5.91 Å². The molecule has 0 aromatic rings. The Morgan fingerprint density at radius 3 is 2.63 bits per heavy atom. The van der Waals surface area contributed by atoms with Crippen molar-refractivity contribution in [2.75, 3.05) is 12.3 Å². The molecule has 3 N–H and O–H groups in total. The summed E-state index contributed by atoms with van der Waals surface area (Å²) in [5.74, 6) is 4.47. The number of thioether (sulfide) groups is 1. The number of aliphatic hydroxyl groups excluding tert-OH is 2. The molecule has 296 valence electrons. The van der Waals surface area contributed by atoms with Crippen LogP contribution in [0, 0.1) is 64.6 Å². The lowest BCUT2D eigenvalue weighted by molar-refractivity contribution is -0.175. The van der Waals surface area contributed by atoms with Crippen molar-refractivity contribution in [1.29, 1.82) is 0 Å². The molecule has 12 heteroatoms. The third-order valence-electron chi connectivity index (χ3n) is 15.2. The van der Waals surface area contributed by atoms with Gasteiger partial charge in [0.15, 0.2) is 5.78 Å². The van der Waals surface area contributed by atoms with Gasteiger partial charge in [-0.3, -0.25) is 24.1 Å². The van der Waals surface area contributed by atoms with Crippen LogP contribution in [0.15, 0.2) is 16.4 Å². The van der Waals surface area contributed by atoms with Crippen molar-refractivity contribution in [3.05, 3.63) is 21.7 Å². The average molecular weight is 764 g/mol. The summed E-state index contributed by atoms with van der Waals surface area (Å²) in [7, 11) is 0. The molecule has 0 spiro atoms. The molecule has 0 aromatic carbocycles. The summed E-state index contributed by atoms with van der Waals surface area (Å²) in [5, 5.41) is 28.6. The zero-order chi connectivity index (χ0) is 38.9. The molecule has 2 heterocycles. The number of fused-ring (bicyclic) bond motifs is 6. The van der Waals surface area contributed by atoms with Gasteiger partial charge < -0.3 is 15.5 Å². The number of amides is 2. The molecule has 13 atom stereocenters. The number of carbonyl (C=O) groups is 4. The Hall–Kier alpha value is -2.84. The Balaban J connectivity index is 1.02. The molecule has 0 aromatic heterocycles. The van der Waals surface area contributed by atoms with Gasteiger partial charge in [0.25, 0.3) is 5.91 Å². The number of azide groups is 1. The monoisotopic (exact) mass is 763 g/mol. The maximum absolute atomic E-state index is 13.7. The van der Waals surface area contributed by atoms with Crippen LogP contribution < -0.4 is 5.32 Å². The minimum atomic E-state index is -0.715. The molecular formula is C42H61N5O6S. The zero-order valence-electron chi connectivity index (χ0n) is 32.7. The van der Waals surface area contributed by atoms with Crippen molar-refractivity contribution in [3.8, 4) is 12.3 Å². The molecule has 11 nitrogen and oxygen atoms in total. The van der Waals surface area contributed by atoms with Gasteiger partial charge in [-0.15, -0.1) is 24.1 Å². The lowest BCUT2D eigenvalue weighted by Crippen LogP contribution is -2.70. The summed E-state index contributed by atoms with van der Waals surface area (Å²) < 4.78 is 0. The Labute approximate surface area is 325 Å². The maximum atomic E-state index is 13.7. The minimum Gasteiger partial charge on any atom is -0.393 e. The van der Waals surface area contributed by atoms with E-state index < -0.39 is 12.0 Å². The molecule has 6 aliphatic rings. The third kappa shape index (κ3) is 7.64. The first-order chi connectivity index (χ1) is 25.7. The van der Waals surface area contributed by atoms with Gasteiger partial charge in [-0.2, -0.15) is 0 Å². The van der Waals surface area contributed by atoms with Crippen molar-refractivity contribution in [3.63, 3.8) is 0 Å². The van der Waals surface area contributed by atoms with Gasteiger partial charge in [-0.25, -0.2) is 0 Å². The number of ketones is 2. The number of β-lactam (4-membered cyclic amide) rings is 1. The fourth-order valence-corrected chi connectivity index (χ4v) is 13.6. The lowest BCUT2D eigenvalue weighted by Gasteiger charge is -2.62. The van der Waals surface area contributed by atoms with Crippen LogP contribution in [-0.4, -0.2) is 74.4 Å². The number of terminal acetylenes is 1. The smallest absolute Gasteiger partial charge is 0.253 e. The number of rotatable bonds is 15. The number of hydrogen-bond acceptors (Lipinski definition) is 8. The van der Waals surface area contributed by atoms with E-state index in [-0.39, 0.29) is 77.1 Å².